The molecule has 0 N–H and O–H groups in total. The van der Waals surface area contributed by atoms with Crippen LogP contribution in [0, 0.1) is 13.8 Å². The zero-order valence-corrected chi connectivity index (χ0v) is 25.9. The monoisotopic (exact) mass is 585 g/mol. The Bertz CT molecular complexity index is 2640. The van der Waals surface area contributed by atoms with E-state index >= 15 is 0 Å². The summed E-state index contributed by atoms with van der Waals surface area (Å²) in [6.45, 7) is 4.38. The van der Waals surface area contributed by atoms with Crippen LogP contribution in [-0.2, 0) is 6.42 Å². The van der Waals surface area contributed by atoms with Crippen LogP contribution in [0.2, 0.25) is 0 Å². The van der Waals surface area contributed by atoms with E-state index in [9.17, 15) is 0 Å². The first-order valence-electron chi connectivity index (χ1n) is 16.2. The van der Waals surface area contributed by atoms with Gasteiger partial charge in [-0.2, -0.15) is 0 Å². The molecule has 0 amide bonds. The molecule has 8 aromatic carbocycles. The van der Waals surface area contributed by atoms with Gasteiger partial charge in [0.2, 0.25) is 0 Å². The fourth-order valence-electron chi connectivity index (χ4n) is 8.28. The molecule has 0 unspecified atom stereocenters. The van der Waals surface area contributed by atoms with Gasteiger partial charge in [0, 0.05) is 17.2 Å². The lowest BCUT2D eigenvalue weighted by Crippen LogP contribution is -1.99. The van der Waals surface area contributed by atoms with Gasteiger partial charge in [-0.05, 0) is 116 Å². The highest BCUT2D eigenvalue weighted by Crippen LogP contribution is 2.46. The fraction of sp³-hybridized carbons (Fsp3) is 0.0667. The van der Waals surface area contributed by atoms with Crippen LogP contribution in [0.1, 0.15) is 22.3 Å². The van der Waals surface area contributed by atoms with Crippen molar-refractivity contribution < 1.29 is 0 Å². The molecule has 10 rings (SSSR count). The van der Waals surface area contributed by atoms with Crippen LogP contribution >= 0.6 is 0 Å². The predicted molar refractivity (Wildman–Crippen MR) is 196 cm³/mol. The minimum Gasteiger partial charge on any atom is -0.309 e. The van der Waals surface area contributed by atoms with Crippen molar-refractivity contribution in [3.8, 4) is 27.9 Å². The molecule has 0 fully saturated rings. The van der Waals surface area contributed by atoms with Gasteiger partial charge in [0.15, 0.2) is 0 Å². The molecule has 0 radical (unpaired) electrons. The number of fused-ring (bicyclic) bond motifs is 12. The van der Waals surface area contributed by atoms with E-state index in [4.69, 9.17) is 0 Å². The topological polar surface area (TPSA) is 4.93 Å². The molecule has 216 valence electrons. The third kappa shape index (κ3) is 3.51. The maximum absolute atomic E-state index is 2.50. The molecular formula is C45H31N. The van der Waals surface area contributed by atoms with Crippen molar-refractivity contribution in [3.63, 3.8) is 0 Å². The molecule has 1 heterocycles. The summed E-state index contributed by atoms with van der Waals surface area (Å²) in [5.74, 6) is 0. The Morgan fingerprint density at radius 1 is 0.391 bits per heavy atom. The highest BCUT2D eigenvalue weighted by molar-refractivity contribution is 6.25. The molecule has 1 heteroatoms. The second-order valence-corrected chi connectivity index (χ2v) is 13.0. The van der Waals surface area contributed by atoms with E-state index in [0.29, 0.717) is 0 Å². The Labute approximate surface area is 268 Å². The molecule has 1 nitrogen and oxygen atoms in total. The van der Waals surface area contributed by atoms with Gasteiger partial charge in [-0.25, -0.2) is 0 Å². The van der Waals surface area contributed by atoms with Crippen molar-refractivity contribution in [2.75, 3.05) is 0 Å². The van der Waals surface area contributed by atoms with Crippen molar-refractivity contribution >= 4 is 54.1 Å². The fourth-order valence-corrected chi connectivity index (χ4v) is 8.28. The molecule has 1 aliphatic rings. The van der Waals surface area contributed by atoms with Crippen LogP contribution < -0.4 is 0 Å². The molecule has 0 bridgehead atoms. The lowest BCUT2D eigenvalue weighted by Gasteiger charge is -2.14. The summed E-state index contributed by atoms with van der Waals surface area (Å²) in [7, 11) is 0. The highest BCUT2D eigenvalue weighted by atomic mass is 15.0. The minimum atomic E-state index is 0.909. The van der Waals surface area contributed by atoms with Gasteiger partial charge in [-0.1, -0.05) is 114 Å². The van der Waals surface area contributed by atoms with E-state index in [1.807, 2.05) is 0 Å². The predicted octanol–water partition coefficient (Wildman–Crippen LogP) is 12.1. The van der Waals surface area contributed by atoms with E-state index in [1.165, 1.54) is 104 Å². The zero-order valence-electron chi connectivity index (χ0n) is 25.9. The molecule has 0 atom stereocenters. The number of nitrogens with zero attached hydrogens (tertiary/aromatic N) is 1. The maximum Gasteiger partial charge on any atom is 0.0541 e. The van der Waals surface area contributed by atoms with Gasteiger partial charge in [-0.3, -0.25) is 0 Å². The zero-order chi connectivity index (χ0) is 30.5. The van der Waals surface area contributed by atoms with Crippen molar-refractivity contribution in [2.24, 2.45) is 0 Å². The molecule has 0 saturated carbocycles. The third-order valence-corrected chi connectivity index (χ3v) is 10.3. The van der Waals surface area contributed by atoms with Crippen molar-refractivity contribution in [1.82, 2.24) is 4.57 Å². The van der Waals surface area contributed by atoms with Crippen LogP contribution in [0.3, 0.4) is 0 Å². The lowest BCUT2D eigenvalue weighted by molar-refractivity contribution is 1.12. The lowest BCUT2D eigenvalue weighted by atomic mass is 9.90. The van der Waals surface area contributed by atoms with E-state index < -0.39 is 0 Å². The third-order valence-electron chi connectivity index (χ3n) is 10.3. The first kappa shape index (κ1) is 25.6. The summed E-state index contributed by atoms with van der Waals surface area (Å²) in [5.41, 5.74) is 14.5. The second-order valence-electron chi connectivity index (χ2n) is 13.0. The number of aryl methyl sites for hydroxylation is 2. The second kappa shape index (κ2) is 9.42. The molecule has 9 aromatic rings. The Hall–Kier alpha value is -5.66. The Morgan fingerprint density at radius 3 is 1.54 bits per heavy atom. The number of hydrogen-bond donors (Lipinski definition) is 0. The number of rotatable bonds is 2. The van der Waals surface area contributed by atoms with Gasteiger partial charge >= 0.3 is 0 Å². The van der Waals surface area contributed by atoms with E-state index in [0.717, 1.165) is 6.42 Å². The summed E-state index contributed by atoms with van der Waals surface area (Å²) in [6.07, 6.45) is 0.909. The Kier molecular flexibility index (Phi) is 5.25. The SMILES string of the molecule is Cc1ccc2c(c1)c1cc(C)ccc1n2-c1cccc2c1Cc1c(-c3ccc4c5ccccc5c5ccccc5c4c3)cccc1-2. The molecule has 46 heavy (non-hydrogen) atoms. The highest BCUT2D eigenvalue weighted by Gasteiger charge is 2.26. The average molecular weight is 586 g/mol. The summed E-state index contributed by atoms with van der Waals surface area (Å²) in [6, 6.07) is 52.3. The molecule has 0 saturated heterocycles. The first-order chi connectivity index (χ1) is 22.6. The Balaban J connectivity index is 1.18. The molecule has 1 aromatic heterocycles. The van der Waals surface area contributed by atoms with Gasteiger partial charge in [-0.15, -0.1) is 0 Å². The first-order valence-corrected chi connectivity index (χ1v) is 16.2. The summed E-state index contributed by atoms with van der Waals surface area (Å²) >= 11 is 0. The Morgan fingerprint density at radius 2 is 0.913 bits per heavy atom. The number of benzene rings is 8. The quantitative estimate of drug-likeness (QED) is 0.178. The van der Waals surface area contributed by atoms with E-state index in [-0.39, 0.29) is 0 Å². The minimum absolute atomic E-state index is 0.909. The van der Waals surface area contributed by atoms with E-state index in [1.54, 1.807) is 0 Å². The largest absolute Gasteiger partial charge is 0.309 e. The van der Waals surface area contributed by atoms with Gasteiger partial charge in [0.05, 0.1) is 16.7 Å². The van der Waals surface area contributed by atoms with Crippen molar-refractivity contribution in [3.05, 3.63) is 162 Å². The molecule has 0 spiro atoms. The maximum atomic E-state index is 2.50. The van der Waals surface area contributed by atoms with Crippen LogP contribution in [0.4, 0.5) is 0 Å². The van der Waals surface area contributed by atoms with Gasteiger partial charge in [0.25, 0.3) is 0 Å². The summed E-state index contributed by atoms with van der Waals surface area (Å²) in [4.78, 5) is 0. The number of hydrogen-bond acceptors (Lipinski definition) is 0. The molecular weight excluding hydrogens is 555 g/mol. The smallest absolute Gasteiger partial charge is 0.0541 e. The van der Waals surface area contributed by atoms with Crippen LogP contribution in [0.25, 0.3) is 82.1 Å². The molecule has 1 aliphatic carbocycles. The molecule has 0 aliphatic heterocycles. The van der Waals surface area contributed by atoms with Crippen LogP contribution in [0.15, 0.2) is 140 Å². The van der Waals surface area contributed by atoms with Crippen molar-refractivity contribution in [2.45, 2.75) is 20.3 Å². The van der Waals surface area contributed by atoms with Gasteiger partial charge in [0.1, 0.15) is 0 Å². The standard InChI is InChI=1S/C45H31N/c1-27-17-21-44-40(23-27)41-24-28(2)18-22-45(41)46(44)43-16-8-15-36-35-14-7-13-30(39(35)26-42(36)43)29-19-20-37-33-11-4-3-9-31(33)32-10-5-6-12-34(32)38(37)25-29/h3-25H,26H2,1-2H3. The average Bonchev–Trinajstić information content (AvgIpc) is 3.63. The van der Waals surface area contributed by atoms with E-state index in [2.05, 4.69) is 158 Å². The summed E-state index contributed by atoms with van der Waals surface area (Å²) < 4.78 is 2.50. The van der Waals surface area contributed by atoms with Gasteiger partial charge < -0.3 is 4.57 Å². The normalized spacial score (nSPS) is 12.5. The number of aromatic nitrogens is 1. The van der Waals surface area contributed by atoms with Crippen molar-refractivity contribution in [1.29, 1.82) is 0 Å². The van der Waals surface area contributed by atoms with Crippen LogP contribution in [0.5, 0.6) is 0 Å². The summed E-state index contributed by atoms with van der Waals surface area (Å²) in [5, 5.41) is 10.5. The van der Waals surface area contributed by atoms with Crippen LogP contribution in [-0.4, -0.2) is 4.57 Å².